The van der Waals surface area contributed by atoms with Gasteiger partial charge in [0.2, 0.25) is 0 Å². The molecule has 0 bridgehead atoms. The first-order valence-corrected chi connectivity index (χ1v) is 7.63. The van der Waals surface area contributed by atoms with Crippen LogP contribution in [0.1, 0.15) is 11.4 Å². The van der Waals surface area contributed by atoms with Gasteiger partial charge in [-0.1, -0.05) is 23.7 Å². The van der Waals surface area contributed by atoms with E-state index in [1.54, 1.807) is 19.2 Å². The van der Waals surface area contributed by atoms with Gasteiger partial charge in [-0.3, -0.25) is 5.10 Å². The van der Waals surface area contributed by atoms with Gasteiger partial charge in [-0.25, -0.2) is 4.98 Å². The molecule has 0 fully saturated rings. The van der Waals surface area contributed by atoms with Gasteiger partial charge < -0.3 is 10.5 Å². The molecule has 23 heavy (non-hydrogen) atoms. The van der Waals surface area contributed by atoms with Crippen molar-refractivity contribution in [2.75, 3.05) is 12.8 Å². The number of nitrogens with zero attached hydrogens (tertiary/aromatic N) is 2. The number of aromatic amines is 1. The van der Waals surface area contributed by atoms with E-state index in [4.69, 9.17) is 22.1 Å². The summed E-state index contributed by atoms with van der Waals surface area (Å²) in [6, 6.07) is 13.4. The number of aromatic nitrogens is 3. The molecule has 0 spiro atoms. The van der Waals surface area contributed by atoms with Crippen LogP contribution in [-0.4, -0.2) is 22.3 Å². The Bertz CT molecular complexity index is 799. The maximum atomic E-state index is 5.93. The van der Waals surface area contributed by atoms with Crippen LogP contribution < -0.4 is 10.5 Å². The number of anilines is 1. The predicted octanol–water partition coefficient (Wildman–Crippen LogP) is 3.50. The van der Waals surface area contributed by atoms with E-state index in [0.29, 0.717) is 16.5 Å². The topological polar surface area (TPSA) is 76.8 Å². The standard InChI is InChI=1S/C17H17ClN4O/c1-23-13-6-2-11(3-7-13)4-9-16-20-17(22-21-16)12-5-8-14(18)15(19)10-12/h2-3,5-8,10H,4,9,19H2,1H3,(H,20,21,22). The molecule has 2 aromatic carbocycles. The Morgan fingerprint density at radius 2 is 1.91 bits per heavy atom. The van der Waals surface area contributed by atoms with E-state index in [-0.39, 0.29) is 0 Å². The van der Waals surface area contributed by atoms with E-state index in [1.807, 2.05) is 18.2 Å². The lowest BCUT2D eigenvalue weighted by atomic mass is 10.1. The van der Waals surface area contributed by atoms with Gasteiger partial charge in [0.1, 0.15) is 11.6 Å². The summed E-state index contributed by atoms with van der Waals surface area (Å²) >= 11 is 5.93. The monoisotopic (exact) mass is 328 g/mol. The molecule has 0 aliphatic heterocycles. The Hall–Kier alpha value is -2.53. The van der Waals surface area contributed by atoms with Gasteiger partial charge >= 0.3 is 0 Å². The Labute approximate surface area is 139 Å². The smallest absolute Gasteiger partial charge is 0.181 e. The predicted molar refractivity (Wildman–Crippen MR) is 91.6 cm³/mol. The van der Waals surface area contributed by atoms with Crippen LogP contribution in [0.5, 0.6) is 5.75 Å². The van der Waals surface area contributed by atoms with E-state index >= 15 is 0 Å². The zero-order chi connectivity index (χ0) is 16.2. The first-order valence-electron chi connectivity index (χ1n) is 7.25. The first kappa shape index (κ1) is 15.4. The molecular weight excluding hydrogens is 312 g/mol. The summed E-state index contributed by atoms with van der Waals surface area (Å²) in [6.45, 7) is 0. The van der Waals surface area contributed by atoms with Crippen LogP contribution >= 0.6 is 11.6 Å². The number of halogens is 1. The molecule has 0 aliphatic carbocycles. The molecule has 3 rings (SSSR count). The van der Waals surface area contributed by atoms with Gasteiger partial charge in [0, 0.05) is 12.0 Å². The molecule has 0 aliphatic rings. The highest BCUT2D eigenvalue weighted by molar-refractivity contribution is 6.33. The maximum Gasteiger partial charge on any atom is 0.181 e. The number of nitrogens with two attached hydrogens (primary N) is 1. The Balaban J connectivity index is 1.67. The third-order valence-electron chi connectivity index (χ3n) is 3.60. The summed E-state index contributed by atoms with van der Waals surface area (Å²) < 4.78 is 5.15. The Morgan fingerprint density at radius 1 is 1.13 bits per heavy atom. The average molecular weight is 329 g/mol. The third-order valence-corrected chi connectivity index (χ3v) is 3.94. The number of rotatable bonds is 5. The number of nitrogens with one attached hydrogen (secondary N) is 1. The van der Waals surface area contributed by atoms with Crippen LogP contribution in [-0.2, 0) is 12.8 Å². The van der Waals surface area contributed by atoms with E-state index < -0.39 is 0 Å². The number of hydrogen-bond acceptors (Lipinski definition) is 4. The lowest BCUT2D eigenvalue weighted by Crippen LogP contribution is -1.94. The van der Waals surface area contributed by atoms with Crippen LogP contribution in [0.3, 0.4) is 0 Å². The van der Waals surface area contributed by atoms with Crippen molar-refractivity contribution in [3.63, 3.8) is 0 Å². The zero-order valence-electron chi connectivity index (χ0n) is 12.7. The summed E-state index contributed by atoms with van der Waals surface area (Å²) in [6.07, 6.45) is 1.66. The minimum absolute atomic E-state index is 0.522. The molecule has 0 atom stereocenters. The molecule has 0 amide bonds. The first-order chi connectivity index (χ1) is 11.2. The van der Waals surface area contributed by atoms with Gasteiger partial charge in [-0.05, 0) is 42.3 Å². The Kier molecular flexibility index (Phi) is 4.48. The fourth-order valence-electron chi connectivity index (χ4n) is 2.27. The summed E-state index contributed by atoms with van der Waals surface area (Å²) in [5, 5.41) is 7.75. The van der Waals surface area contributed by atoms with Crippen LogP contribution in [0.25, 0.3) is 11.4 Å². The molecular formula is C17H17ClN4O. The van der Waals surface area contributed by atoms with E-state index in [2.05, 4.69) is 27.3 Å². The number of ether oxygens (including phenoxy) is 1. The van der Waals surface area contributed by atoms with Crippen LogP contribution in [0.4, 0.5) is 5.69 Å². The van der Waals surface area contributed by atoms with Crippen LogP contribution in [0, 0.1) is 0 Å². The number of aryl methyl sites for hydroxylation is 2. The van der Waals surface area contributed by atoms with Crippen molar-refractivity contribution in [3.05, 3.63) is 58.9 Å². The number of hydrogen-bond donors (Lipinski definition) is 2. The molecule has 1 aromatic heterocycles. The lowest BCUT2D eigenvalue weighted by molar-refractivity contribution is 0.414. The average Bonchev–Trinajstić information content (AvgIpc) is 3.05. The molecule has 3 aromatic rings. The molecule has 0 radical (unpaired) electrons. The summed E-state index contributed by atoms with van der Waals surface area (Å²) in [5.41, 5.74) is 8.41. The number of benzene rings is 2. The fourth-order valence-corrected chi connectivity index (χ4v) is 2.39. The molecule has 0 unspecified atom stereocenters. The molecule has 0 saturated carbocycles. The molecule has 118 valence electrons. The second-order valence-corrected chi connectivity index (χ2v) is 5.60. The number of methoxy groups -OCH3 is 1. The van der Waals surface area contributed by atoms with Crippen molar-refractivity contribution in [2.24, 2.45) is 0 Å². The minimum atomic E-state index is 0.522. The third kappa shape index (κ3) is 3.63. The summed E-state index contributed by atoms with van der Waals surface area (Å²) in [4.78, 5) is 4.51. The van der Waals surface area contributed by atoms with Crippen LogP contribution in [0.2, 0.25) is 5.02 Å². The van der Waals surface area contributed by atoms with Gasteiger partial charge in [0.05, 0.1) is 17.8 Å². The summed E-state index contributed by atoms with van der Waals surface area (Å²) in [7, 11) is 1.66. The highest BCUT2D eigenvalue weighted by Crippen LogP contribution is 2.24. The van der Waals surface area contributed by atoms with Crippen molar-refractivity contribution in [2.45, 2.75) is 12.8 Å². The van der Waals surface area contributed by atoms with Crippen molar-refractivity contribution in [1.29, 1.82) is 0 Å². The minimum Gasteiger partial charge on any atom is -0.497 e. The number of nitrogen functional groups attached to an aromatic ring is 1. The van der Waals surface area contributed by atoms with E-state index in [1.165, 1.54) is 5.56 Å². The number of H-pyrrole nitrogens is 1. The molecule has 6 heteroatoms. The van der Waals surface area contributed by atoms with Gasteiger partial charge in [-0.15, -0.1) is 0 Å². The molecule has 3 N–H and O–H groups in total. The SMILES string of the molecule is COc1ccc(CCc2nc(-c3ccc(Cl)c(N)c3)n[nH]2)cc1. The van der Waals surface area contributed by atoms with Crippen molar-refractivity contribution in [1.82, 2.24) is 15.2 Å². The molecule has 0 saturated heterocycles. The maximum absolute atomic E-state index is 5.93. The molecule has 5 nitrogen and oxygen atoms in total. The largest absolute Gasteiger partial charge is 0.497 e. The van der Waals surface area contributed by atoms with Crippen molar-refractivity contribution in [3.8, 4) is 17.1 Å². The van der Waals surface area contributed by atoms with Gasteiger partial charge in [0.25, 0.3) is 0 Å². The highest BCUT2D eigenvalue weighted by Gasteiger charge is 2.08. The fraction of sp³-hybridized carbons (Fsp3) is 0.176. The highest BCUT2D eigenvalue weighted by atomic mass is 35.5. The summed E-state index contributed by atoms with van der Waals surface area (Å²) in [5.74, 6) is 2.32. The van der Waals surface area contributed by atoms with Gasteiger partial charge in [0.15, 0.2) is 5.82 Å². The van der Waals surface area contributed by atoms with Crippen molar-refractivity contribution >= 4 is 17.3 Å². The zero-order valence-corrected chi connectivity index (χ0v) is 13.5. The lowest BCUT2D eigenvalue weighted by Gasteiger charge is -2.02. The Morgan fingerprint density at radius 3 is 2.61 bits per heavy atom. The normalized spacial score (nSPS) is 10.7. The van der Waals surface area contributed by atoms with Gasteiger partial charge in [-0.2, -0.15) is 5.10 Å². The quantitative estimate of drug-likeness (QED) is 0.703. The second kappa shape index (κ2) is 6.71. The van der Waals surface area contributed by atoms with Crippen LogP contribution in [0.15, 0.2) is 42.5 Å². The van der Waals surface area contributed by atoms with Crippen molar-refractivity contribution < 1.29 is 4.74 Å². The second-order valence-electron chi connectivity index (χ2n) is 5.19. The van der Waals surface area contributed by atoms with E-state index in [0.717, 1.165) is 30.0 Å². The van der Waals surface area contributed by atoms with E-state index in [9.17, 15) is 0 Å². The molecule has 1 heterocycles.